The average molecular weight is 333 g/mol. The first-order valence-corrected chi connectivity index (χ1v) is 8.65. The van der Waals surface area contributed by atoms with Crippen LogP contribution >= 0.6 is 24.2 Å². The van der Waals surface area contributed by atoms with Gasteiger partial charge in [0.2, 0.25) is 0 Å². The molecule has 0 unspecified atom stereocenters. The smallest absolute Gasteiger partial charge is 0.0762 e. The number of hydrogen-bond acceptors (Lipinski definition) is 3. The third-order valence-electron chi connectivity index (χ3n) is 4.36. The first kappa shape index (κ1) is 15.6. The Bertz CT molecular complexity index is 653. The molecule has 2 aromatic rings. The van der Waals surface area contributed by atoms with Crippen molar-refractivity contribution < 1.29 is 0 Å². The largest absolute Gasteiger partial charge is 0.381 e. The van der Waals surface area contributed by atoms with Crippen molar-refractivity contribution in [3.8, 4) is 0 Å². The van der Waals surface area contributed by atoms with Crippen LogP contribution in [0.25, 0.3) is 0 Å². The molecular weight excluding hydrogens is 312 g/mol. The molecule has 0 amide bonds. The van der Waals surface area contributed by atoms with Crippen LogP contribution in [-0.4, -0.2) is 6.04 Å². The molecule has 0 spiro atoms. The minimum absolute atomic E-state index is 0. The van der Waals surface area contributed by atoms with Gasteiger partial charge >= 0.3 is 0 Å². The van der Waals surface area contributed by atoms with Gasteiger partial charge in [-0.25, -0.2) is 0 Å². The van der Waals surface area contributed by atoms with Crippen LogP contribution in [0, 0.1) is 0 Å². The van der Waals surface area contributed by atoms with Gasteiger partial charge in [-0.05, 0) is 37.1 Å². The Hall–Kier alpha value is -1.32. The van der Waals surface area contributed by atoms with Crippen LogP contribution in [-0.2, 0) is 0 Å². The van der Waals surface area contributed by atoms with Gasteiger partial charge in [-0.1, -0.05) is 49.2 Å². The maximum absolute atomic E-state index is 3.76. The van der Waals surface area contributed by atoms with Crippen LogP contribution in [0.2, 0.25) is 0 Å². The van der Waals surface area contributed by atoms with E-state index in [1.807, 2.05) is 11.8 Å². The van der Waals surface area contributed by atoms with Crippen LogP contribution in [0.1, 0.15) is 32.1 Å². The topological polar surface area (TPSA) is 24.1 Å². The summed E-state index contributed by atoms with van der Waals surface area (Å²) in [4.78, 5) is 2.62. The number of hydrogen-bond donors (Lipinski definition) is 2. The highest BCUT2D eigenvalue weighted by Crippen LogP contribution is 2.47. The van der Waals surface area contributed by atoms with E-state index in [9.17, 15) is 0 Å². The Morgan fingerprint density at radius 1 is 0.909 bits per heavy atom. The molecule has 0 atom stereocenters. The molecule has 1 saturated carbocycles. The third-order valence-corrected chi connectivity index (χ3v) is 5.49. The van der Waals surface area contributed by atoms with E-state index in [1.165, 1.54) is 59.0 Å². The van der Waals surface area contributed by atoms with E-state index in [0.29, 0.717) is 6.04 Å². The molecule has 1 aliphatic heterocycles. The zero-order valence-corrected chi connectivity index (χ0v) is 14.1. The first-order chi connectivity index (χ1) is 10.4. The van der Waals surface area contributed by atoms with Crippen LogP contribution in [0.3, 0.4) is 0 Å². The molecule has 2 N–H and O–H groups in total. The molecule has 2 nitrogen and oxygen atoms in total. The second-order valence-corrected chi connectivity index (χ2v) is 6.96. The Balaban J connectivity index is 0.00000144. The van der Waals surface area contributed by atoms with Gasteiger partial charge in [-0.15, -0.1) is 12.4 Å². The molecule has 22 heavy (non-hydrogen) atoms. The lowest BCUT2D eigenvalue weighted by molar-refractivity contribution is 0.463. The van der Waals surface area contributed by atoms with Crippen LogP contribution < -0.4 is 10.6 Å². The maximum Gasteiger partial charge on any atom is 0.0762 e. The minimum atomic E-state index is 0. The van der Waals surface area contributed by atoms with E-state index in [2.05, 4.69) is 53.1 Å². The average Bonchev–Trinajstić information content (AvgIpc) is 2.54. The third kappa shape index (κ3) is 3.06. The molecule has 0 saturated heterocycles. The second kappa shape index (κ2) is 6.84. The summed E-state index contributed by atoms with van der Waals surface area (Å²) in [6.45, 7) is 0. The van der Waals surface area contributed by atoms with E-state index >= 15 is 0 Å². The van der Waals surface area contributed by atoms with Crippen LogP contribution in [0.4, 0.5) is 17.1 Å². The normalized spacial score (nSPS) is 16.7. The molecule has 0 radical (unpaired) electrons. The number of para-hydroxylation sites is 2. The summed E-state index contributed by atoms with van der Waals surface area (Å²) in [6.07, 6.45) is 6.71. The predicted molar refractivity (Wildman–Crippen MR) is 98.0 cm³/mol. The molecule has 4 heteroatoms. The summed E-state index contributed by atoms with van der Waals surface area (Å²) in [5.74, 6) is 0. The van der Waals surface area contributed by atoms with E-state index in [-0.39, 0.29) is 12.4 Å². The quantitative estimate of drug-likeness (QED) is 0.596. The van der Waals surface area contributed by atoms with Gasteiger partial charge in [0.25, 0.3) is 0 Å². The molecule has 0 bridgehead atoms. The zero-order chi connectivity index (χ0) is 14.1. The number of rotatable bonds is 2. The zero-order valence-electron chi connectivity index (χ0n) is 12.5. The Kier molecular flexibility index (Phi) is 4.84. The Morgan fingerprint density at radius 2 is 1.68 bits per heavy atom. The van der Waals surface area contributed by atoms with Gasteiger partial charge < -0.3 is 10.6 Å². The molecule has 2 aliphatic rings. The fourth-order valence-corrected chi connectivity index (χ4v) is 4.27. The summed E-state index contributed by atoms with van der Waals surface area (Å²) < 4.78 is 0. The number of anilines is 3. The highest BCUT2D eigenvalue weighted by Gasteiger charge is 2.20. The second-order valence-electron chi connectivity index (χ2n) is 5.88. The van der Waals surface area contributed by atoms with Crippen LogP contribution in [0.15, 0.2) is 52.3 Å². The highest BCUT2D eigenvalue weighted by molar-refractivity contribution is 7.99. The van der Waals surface area contributed by atoms with Gasteiger partial charge in [0.1, 0.15) is 0 Å². The molecule has 1 fully saturated rings. The summed E-state index contributed by atoms with van der Waals surface area (Å²) in [5.41, 5.74) is 3.71. The molecule has 2 aromatic carbocycles. The lowest BCUT2D eigenvalue weighted by Gasteiger charge is -2.28. The van der Waals surface area contributed by atoms with Gasteiger partial charge in [0, 0.05) is 15.8 Å². The first-order valence-electron chi connectivity index (χ1n) is 7.83. The van der Waals surface area contributed by atoms with Crippen molar-refractivity contribution in [1.82, 2.24) is 0 Å². The van der Waals surface area contributed by atoms with Gasteiger partial charge in [0.05, 0.1) is 17.1 Å². The molecular formula is C18H21ClN2S. The van der Waals surface area contributed by atoms with E-state index < -0.39 is 0 Å². The fraction of sp³-hybridized carbons (Fsp3) is 0.333. The van der Waals surface area contributed by atoms with Crippen molar-refractivity contribution in [2.75, 3.05) is 10.6 Å². The lowest BCUT2D eigenvalue weighted by atomic mass is 9.95. The summed E-state index contributed by atoms with van der Waals surface area (Å²) >= 11 is 1.86. The lowest BCUT2D eigenvalue weighted by Crippen LogP contribution is -2.23. The standard InChI is InChI=1S/C18H20N2S.ClH/c1-2-7-13(8-3-1)19-15-10-6-12-17-18(15)20-14-9-4-5-11-16(14)21-17;/h4-6,9-13,19-20H,1-3,7-8H2;1H. The minimum Gasteiger partial charge on any atom is -0.381 e. The molecule has 1 heterocycles. The molecule has 4 rings (SSSR count). The van der Waals surface area contributed by atoms with Gasteiger partial charge in [0.15, 0.2) is 0 Å². The Labute approximate surface area is 142 Å². The Morgan fingerprint density at radius 3 is 2.55 bits per heavy atom. The van der Waals surface area contributed by atoms with Crippen molar-refractivity contribution in [3.05, 3.63) is 42.5 Å². The van der Waals surface area contributed by atoms with E-state index in [4.69, 9.17) is 0 Å². The fourth-order valence-electron chi connectivity index (χ4n) is 3.24. The SMILES string of the molecule is Cl.c1ccc2c(c1)Nc1c(NC3CCCCC3)cccc1S2. The number of benzene rings is 2. The van der Waals surface area contributed by atoms with Crippen molar-refractivity contribution >= 4 is 41.2 Å². The predicted octanol–water partition coefficient (Wildman–Crippen LogP) is 6.06. The van der Waals surface area contributed by atoms with Gasteiger partial charge in [-0.2, -0.15) is 0 Å². The maximum atomic E-state index is 3.76. The van der Waals surface area contributed by atoms with E-state index in [0.717, 1.165) is 0 Å². The summed E-state index contributed by atoms with van der Waals surface area (Å²) in [6, 6.07) is 15.7. The monoisotopic (exact) mass is 332 g/mol. The highest BCUT2D eigenvalue weighted by atomic mass is 35.5. The van der Waals surface area contributed by atoms with Crippen molar-refractivity contribution in [2.45, 2.75) is 47.9 Å². The molecule has 0 aromatic heterocycles. The molecule has 116 valence electrons. The van der Waals surface area contributed by atoms with E-state index in [1.54, 1.807) is 0 Å². The van der Waals surface area contributed by atoms with Crippen molar-refractivity contribution in [2.24, 2.45) is 0 Å². The van der Waals surface area contributed by atoms with Gasteiger partial charge in [-0.3, -0.25) is 0 Å². The number of nitrogens with one attached hydrogen (secondary N) is 2. The van der Waals surface area contributed by atoms with Crippen LogP contribution in [0.5, 0.6) is 0 Å². The number of fused-ring (bicyclic) bond motifs is 2. The molecule has 1 aliphatic carbocycles. The number of halogens is 1. The summed E-state index contributed by atoms with van der Waals surface area (Å²) in [5, 5.41) is 7.38. The van der Waals surface area contributed by atoms with Crippen molar-refractivity contribution in [1.29, 1.82) is 0 Å². The summed E-state index contributed by atoms with van der Waals surface area (Å²) in [7, 11) is 0. The van der Waals surface area contributed by atoms with Crippen molar-refractivity contribution in [3.63, 3.8) is 0 Å².